The molecule has 116 valence electrons. The molecule has 0 saturated carbocycles. The van der Waals surface area contributed by atoms with Crippen LogP contribution in [-0.2, 0) is 0 Å². The van der Waals surface area contributed by atoms with Crippen LogP contribution in [0.15, 0.2) is 67.0 Å². The van der Waals surface area contributed by atoms with Gasteiger partial charge in [-0.3, -0.25) is 4.40 Å². The van der Waals surface area contributed by atoms with Gasteiger partial charge in [0.1, 0.15) is 5.65 Å². The van der Waals surface area contributed by atoms with Crippen LogP contribution in [0.2, 0.25) is 0 Å². The van der Waals surface area contributed by atoms with E-state index in [-0.39, 0.29) is 5.95 Å². The van der Waals surface area contributed by atoms with Crippen molar-refractivity contribution >= 4 is 23.7 Å². The molecule has 0 amide bonds. The molecule has 0 spiro atoms. The number of nitrogens with zero attached hydrogens (tertiary/aromatic N) is 4. The molecule has 0 aliphatic rings. The van der Waals surface area contributed by atoms with Gasteiger partial charge in [0.25, 0.3) is 0 Å². The SMILES string of the molecule is Nc1nccc(C=Cc2c(-c3ccccc3)nc3ccccn23)n1. The van der Waals surface area contributed by atoms with E-state index in [4.69, 9.17) is 10.7 Å². The molecule has 24 heavy (non-hydrogen) atoms. The van der Waals surface area contributed by atoms with Gasteiger partial charge in [-0.2, -0.15) is 0 Å². The fourth-order valence-electron chi connectivity index (χ4n) is 2.63. The summed E-state index contributed by atoms with van der Waals surface area (Å²) in [6, 6.07) is 17.9. The Kier molecular flexibility index (Phi) is 3.51. The van der Waals surface area contributed by atoms with Crippen molar-refractivity contribution in [3.8, 4) is 11.3 Å². The zero-order chi connectivity index (χ0) is 16.4. The third kappa shape index (κ3) is 2.63. The first-order valence-corrected chi connectivity index (χ1v) is 7.60. The maximum Gasteiger partial charge on any atom is 0.220 e. The third-order valence-corrected chi connectivity index (χ3v) is 3.72. The minimum atomic E-state index is 0.263. The molecule has 0 saturated heterocycles. The Morgan fingerprint density at radius 2 is 1.71 bits per heavy atom. The summed E-state index contributed by atoms with van der Waals surface area (Å²) < 4.78 is 2.06. The molecule has 3 heterocycles. The van der Waals surface area contributed by atoms with Gasteiger partial charge >= 0.3 is 0 Å². The predicted molar refractivity (Wildman–Crippen MR) is 96.0 cm³/mol. The summed E-state index contributed by atoms with van der Waals surface area (Å²) in [6.45, 7) is 0. The molecular weight excluding hydrogens is 298 g/mol. The zero-order valence-corrected chi connectivity index (χ0v) is 12.9. The molecule has 0 bridgehead atoms. The van der Waals surface area contributed by atoms with Crippen molar-refractivity contribution in [2.75, 3.05) is 5.73 Å². The number of imidazole rings is 1. The van der Waals surface area contributed by atoms with Crippen LogP contribution in [0.4, 0.5) is 5.95 Å². The summed E-state index contributed by atoms with van der Waals surface area (Å²) >= 11 is 0. The highest BCUT2D eigenvalue weighted by Crippen LogP contribution is 2.25. The number of hydrogen-bond donors (Lipinski definition) is 1. The lowest BCUT2D eigenvalue weighted by Gasteiger charge is -2.01. The van der Waals surface area contributed by atoms with Gasteiger partial charge in [-0.15, -0.1) is 0 Å². The van der Waals surface area contributed by atoms with E-state index in [1.165, 1.54) is 0 Å². The second kappa shape index (κ2) is 5.96. The monoisotopic (exact) mass is 313 g/mol. The Hall–Kier alpha value is -3.47. The first kappa shape index (κ1) is 14.1. The second-order valence-electron chi connectivity index (χ2n) is 5.31. The van der Waals surface area contributed by atoms with Crippen LogP contribution < -0.4 is 5.73 Å². The summed E-state index contributed by atoms with van der Waals surface area (Å²) in [5.74, 6) is 0.263. The molecular formula is C19H15N5. The minimum Gasteiger partial charge on any atom is -0.368 e. The van der Waals surface area contributed by atoms with E-state index in [1.807, 2.05) is 60.8 Å². The van der Waals surface area contributed by atoms with Crippen molar-refractivity contribution < 1.29 is 0 Å². The standard InChI is InChI=1S/C19H15N5/c20-19-21-12-11-15(22-19)9-10-16-18(14-6-2-1-3-7-14)23-17-8-4-5-13-24(16)17/h1-13H,(H2,20,21,22). The van der Waals surface area contributed by atoms with Crippen molar-refractivity contribution in [1.29, 1.82) is 0 Å². The molecule has 1 aromatic carbocycles. The second-order valence-corrected chi connectivity index (χ2v) is 5.31. The Morgan fingerprint density at radius 1 is 0.875 bits per heavy atom. The number of nitrogens with two attached hydrogens (primary N) is 1. The summed E-state index contributed by atoms with van der Waals surface area (Å²) in [4.78, 5) is 12.9. The van der Waals surface area contributed by atoms with E-state index >= 15 is 0 Å². The van der Waals surface area contributed by atoms with E-state index in [0.717, 1.165) is 28.3 Å². The highest BCUT2D eigenvalue weighted by molar-refractivity contribution is 5.79. The fraction of sp³-hybridized carbons (Fsp3) is 0. The molecule has 3 aromatic heterocycles. The predicted octanol–water partition coefficient (Wildman–Crippen LogP) is 3.54. The Balaban J connectivity index is 1.87. The van der Waals surface area contributed by atoms with Crippen LogP contribution in [0.25, 0.3) is 29.1 Å². The molecule has 4 aromatic rings. The van der Waals surface area contributed by atoms with Crippen LogP contribution in [-0.4, -0.2) is 19.4 Å². The van der Waals surface area contributed by atoms with Crippen molar-refractivity contribution in [2.24, 2.45) is 0 Å². The van der Waals surface area contributed by atoms with Gasteiger partial charge in [-0.25, -0.2) is 15.0 Å². The Labute approximate surface area is 139 Å². The lowest BCUT2D eigenvalue weighted by atomic mass is 10.1. The van der Waals surface area contributed by atoms with Crippen LogP contribution in [0.1, 0.15) is 11.4 Å². The van der Waals surface area contributed by atoms with Gasteiger partial charge in [0.05, 0.1) is 17.1 Å². The zero-order valence-electron chi connectivity index (χ0n) is 12.9. The molecule has 0 aliphatic carbocycles. The lowest BCUT2D eigenvalue weighted by molar-refractivity contribution is 1.16. The molecule has 2 N–H and O–H groups in total. The maximum atomic E-state index is 5.65. The molecule has 0 aliphatic heterocycles. The number of fused-ring (bicyclic) bond motifs is 1. The number of hydrogen-bond acceptors (Lipinski definition) is 4. The molecule has 0 atom stereocenters. The smallest absolute Gasteiger partial charge is 0.220 e. The summed E-state index contributed by atoms with van der Waals surface area (Å²) in [6.07, 6.45) is 7.57. The summed E-state index contributed by atoms with van der Waals surface area (Å²) in [7, 11) is 0. The Morgan fingerprint density at radius 3 is 2.54 bits per heavy atom. The molecule has 0 fully saturated rings. The van der Waals surface area contributed by atoms with Crippen LogP contribution >= 0.6 is 0 Å². The number of nitrogen functional groups attached to an aromatic ring is 1. The third-order valence-electron chi connectivity index (χ3n) is 3.72. The van der Waals surface area contributed by atoms with Crippen LogP contribution in [0.3, 0.4) is 0 Å². The first-order chi connectivity index (χ1) is 11.8. The molecule has 4 rings (SSSR count). The number of aromatic nitrogens is 4. The average molecular weight is 313 g/mol. The summed E-state index contributed by atoms with van der Waals surface area (Å²) in [5, 5.41) is 0. The Bertz CT molecular complexity index is 1020. The van der Waals surface area contributed by atoms with Gasteiger partial charge in [-0.1, -0.05) is 36.4 Å². The quantitative estimate of drug-likeness (QED) is 0.628. The summed E-state index contributed by atoms with van der Waals surface area (Å²) in [5.41, 5.74) is 10.3. The number of anilines is 1. The van der Waals surface area contributed by atoms with Gasteiger partial charge < -0.3 is 5.73 Å². The maximum absolute atomic E-state index is 5.65. The average Bonchev–Trinajstić information content (AvgIpc) is 2.99. The van der Waals surface area contributed by atoms with Gasteiger partial charge in [0.15, 0.2) is 0 Å². The van der Waals surface area contributed by atoms with Crippen molar-refractivity contribution in [1.82, 2.24) is 19.4 Å². The van der Waals surface area contributed by atoms with E-state index in [1.54, 1.807) is 6.20 Å². The van der Waals surface area contributed by atoms with E-state index < -0.39 is 0 Å². The van der Waals surface area contributed by atoms with Crippen molar-refractivity contribution in [3.05, 3.63) is 78.4 Å². The van der Waals surface area contributed by atoms with Crippen LogP contribution in [0.5, 0.6) is 0 Å². The lowest BCUT2D eigenvalue weighted by Crippen LogP contribution is -1.94. The van der Waals surface area contributed by atoms with E-state index in [2.05, 4.69) is 26.5 Å². The largest absolute Gasteiger partial charge is 0.368 e. The molecule has 0 unspecified atom stereocenters. The normalized spacial score (nSPS) is 11.3. The highest BCUT2D eigenvalue weighted by Gasteiger charge is 2.11. The van der Waals surface area contributed by atoms with Crippen LogP contribution in [0, 0.1) is 0 Å². The van der Waals surface area contributed by atoms with Crippen molar-refractivity contribution in [2.45, 2.75) is 0 Å². The molecule has 5 nitrogen and oxygen atoms in total. The first-order valence-electron chi connectivity index (χ1n) is 7.60. The fourth-order valence-corrected chi connectivity index (χ4v) is 2.63. The number of pyridine rings is 1. The molecule has 5 heteroatoms. The van der Waals surface area contributed by atoms with Gasteiger partial charge in [0, 0.05) is 18.0 Å². The van der Waals surface area contributed by atoms with Crippen molar-refractivity contribution in [3.63, 3.8) is 0 Å². The minimum absolute atomic E-state index is 0.263. The number of rotatable bonds is 3. The van der Waals surface area contributed by atoms with Gasteiger partial charge in [-0.05, 0) is 30.4 Å². The van der Waals surface area contributed by atoms with E-state index in [9.17, 15) is 0 Å². The number of benzene rings is 1. The van der Waals surface area contributed by atoms with Gasteiger partial charge in [0.2, 0.25) is 5.95 Å². The van der Waals surface area contributed by atoms with E-state index in [0.29, 0.717) is 0 Å². The highest BCUT2D eigenvalue weighted by atomic mass is 15.0. The topological polar surface area (TPSA) is 69.1 Å². The molecule has 0 radical (unpaired) electrons.